The summed E-state index contributed by atoms with van der Waals surface area (Å²) in [4.78, 5) is 14.3. The summed E-state index contributed by atoms with van der Waals surface area (Å²) in [7, 11) is 1.63. The molecule has 0 aliphatic heterocycles. The SMILES string of the molecule is CCN(C(=O)CNc1cc(C)ccc1OC)c1cccc(C)c1. The monoisotopic (exact) mass is 312 g/mol. The van der Waals surface area contributed by atoms with Crippen LogP contribution in [-0.4, -0.2) is 26.1 Å². The predicted octanol–water partition coefficient (Wildman–Crippen LogP) is 3.78. The van der Waals surface area contributed by atoms with Gasteiger partial charge in [-0.1, -0.05) is 18.2 Å². The minimum absolute atomic E-state index is 0.0293. The molecule has 2 aromatic rings. The Kier molecular flexibility index (Phi) is 5.63. The van der Waals surface area contributed by atoms with Crippen LogP contribution in [0.3, 0.4) is 0 Å². The molecule has 0 radical (unpaired) electrons. The maximum absolute atomic E-state index is 12.6. The van der Waals surface area contributed by atoms with Gasteiger partial charge in [0.15, 0.2) is 0 Å². The van der Waals surface area contributed by atoms with E-state index in [4.69, 9.17) is 4.74 Å². The summed E-state index contributed by atoms with van der Waals surface area (Å²) in [5.41, 5.74) is 4.02. The number of benzene rings is 2. The normalized spacial score (nSPS) is 10.3. The lowest BCUT2D eigenvalue weighted by molar-refractivity contribution is -0.116. The van der Waals surface area contributed by atoms with Gasteiger partial charge in [-0.25, -0.2) is 0 Å². The zero-order chi connectivity index (χ0) is 16.8. The molecule has 0 saturated carbocycles. The van der Waals surface area contributed by atoms with E-state index in [0.717, 1.165) is 28.3 Å². The van der Waals surface area contributed by atoms with Gasteiger partial charge in [-0.05, 0) is 56.2 Å². The van der Waals surface area contributed by atoms with Crippen molar-refractivity contribution in [1.82, 2.24) is 0 Å². The van der Waals surface area contributed by atoms with E-state index in [2.05, 4.69) is 5.32 Å². The Balaban J connectivity index is 2.10. The number of nitrogens with one attached hydrogen (secondary N) is 1. The Morgan fingerprint density at radius 2 is 1.87 bits per heavy atom. The fourth-order valence-corrected chi connectivity index (χ4v) is 2.53. The molecule has 0 aliphatic carbocycles. The number of carbonyl (C=O) groups excluding carboxylic acids is 1. The van der Waals surface area contributed by atoms with Crippen molar-refractivity contribution in [2.75, 3.05) is 30.4 Å². The van der Waals surface area contributed by atoms with Gasteiger partial charge in [0.1, 0.15) is 5.75 Å². The number of hydrogen-bond donors (Lipinski definition) is 1. The number of likely N-dealkylation sites (N-methyl/N-ethyl adjacent to an activating group) is 1. The molecule has 0 heterocycles. The number of carbonyl (C=O) groups is 1. The Labute approximate surface area is 138 Å². The fraction of sp³-hybridized carbons (Fsp3) is 0.316. The first-order valence-electron chi connectivity index (χ1n) is 7.80. The molecule has 2 aromatic carbocycles. The number of methoxy groups -OCH3 is 1. The van der Waals surface area contributed by atoms with E-state index in [1.807, 2.05) is 63.2 Å². The lowest BCUT2D eigenvalue weighted by atomic mass is 10.2. The van der Waals surface area contributed by atoms with E-state index in [-0.39, 0.29) is 12.5 Å². The first-order chi connectivity index (χ1) is 11.0. The first-order valence-corrected chi connectivity index (χ1v) is 7.80. The van der Waals surface area contributed by atoms with E-state index in [9.17, 15) is 4.79 Å². The van der Waals surface area contributed by atoms with Crippen molar-refractivity contribution < 1.29 is 9.53 Å². The zero-order valence-corrected chi connectivity index (χ0v) is 14.2. The van der Waals surface area contributed by atoms with E-state index in [1.54, 1.807) is 12.0 Å². The topological polar surface area (TPSA) is 41.6 Å². The number of hydrogen-bond acceptors (Lipinski definition) is 3. The van der Waals surface area contributed by atoms with Crippen LogP contribution in [0.1, 0.15) is 18.1 Å². The predicted molar refractivity (Wildman–Crippen MR) is 95.4 cm³/mol. The molecule has 0 saturated heterocycles. The van der Waals surface area contributed by atoms with Crippen LogP contribution in [0.5, 0.6) is 5.75 Å². The largest absolute Gasteiger partial charge is 0.495 e. The van der Waals surface area contributed by atoms with Crippen LogP contribution in [0, 0.1) is 13.8 Å². The van der Waals surface area contributed by atoms with Gasteiger partial charge >= 0.3 is 0 Å². The summed E-state index contributed by atoms with van der Waals surface area (Å²) < 4.78 is 5.33. The number of amides is 1. The minimum Gasteiger partial charge on any atom is -0.495 e. The molecule has 4 nitrogen and oxygen atoms in total. The molecule has 23 heavy (non-hydrogen) atoms. The average Bonchev–Trinajstić information content (AvgIpc) is 2.54. The molecule has 0 atom stereocenters. The smallest absolute Gasteiger partial charge is 0.246 e. The van der Waals surface area contributed by atoms with Crippen molar-refractivity contribution in [1.29, 1.82) is 0 Å². The van der Waals surface area contributed by atoms with E-state index in [0.29, 0.717) is 6.54 Å². The maximum atomic E-state index is 12.6. The summed E-state index contributed by atoms with van der Waals surface area (Å²) in [5.74, 6) is 0.767. The highest BCUT2D eigenvalue weighted by Crippen LogP contribution is 2.25. The third-order valence-corrected chi connectivity index (χ3v) is 3.72. The van der Waals surface area contributed by atoms with Gasteiger partial charge in [-0.15, -0.1) is 0 Å². The third-order valence-electron chi connectivity index (χ3n) is 3.72. The average molecular weight is 312 g/mol. The highest BCUT2D eigenvalue weighted by Gasteiger charge is 2.14. The van der Waals surface area contributed by atoms with Gasteiger partial charge in [-0.3, -0.25) is 4.79 Å². The first kappa shape index (κ1) is 16.9. The van der Waals surface area contributed by atoms with Crippen molar-refractivity contribution in [2.45, 2.75) is 20.8 Å². The summed E-state index contributed by atoms with van der Waals surface area (Å²) >= 11 is 0. The van der Waals surface area contributed by atoms with Crippen molar-refractivity contribution in [3.63, 3.8) is 0 Å². The van der Waals surface area contributed by atoms with Crippen molar-refractivity contribution >= 4 is 17.3 Å². The van der Waals surface area contributed by atoms with Crippen molar-refractivity contribution in [3.8, 4) is 5.75 Å². The second kappa shape index (κ2) is 7.68. The van der Waals surface area contributed by atoms with Crippen molar-refractivity contribution in [3.05, 3.63) is 53.6 Å². The minimum atomic E-state index is 0.0293. The molecular weight excluding hydrogens is 288 g/mol. The Morgan fingerprint density at radius 1 is 1.13 bits per heavy atom. The van der Waals surface area contributed by atoms with E-state index in [1.165, 1.54) is 0 Å². The van der Waals surface area contributed by atoms with Crippen LogP contribution < -0.4 is 15.0 Å². The van der Waals surface area contributed by atoms with Crippen LogP contribution in [0.15, 0.2) is 42.5 Å². The molecule has 4 heteroatoms. The van der Waals surface area contributed by atoms with E-state index >= 15 is 0 Å². The quantitative estimate of drug-likeness (QED) is 0.882. The molecule has 0 fully saturated rings. The number of ether oxygens (including phenoxy) is 1. The van der Waals surface area contributed by atoms with Gasteiger partial charge in [0.25, 0.3) is 0 Å². The van der Waals surface area contributed by atoms with Gasteiger partial charge < -0.3 is 15.0 Å². The fourth-order valence-electron chi connectivity index (χ4n) is 2.53. The molecule has 1 N–H and O–H groups in total. The summed E-state index contributed by atoms with van der Waals surface area (Å²) in [6.45, 7) is 6.87. The number of nitrogens with zero attached hydrogens (tertiary/aromatic N) is 1. The Bertz CT molecular complexity index is 683. The summed E-state index contributed by atoms with van der Waals surface area (Å²) in [5, 5.41) is 3.19. The second-order valence-electron chi connectivity index (χ2n) is 5.53. The molecule has 122 valence electrons. The lowest BCUT2D eigenvalue weighted by Crippen LogP contribution is -2.35. The molecule has 2 rings (SSSR count). The number of aryl methyl sites for hydroxylation is 2. The van der Waals surface area contributed by atoms with Crippen LogP contribution in [0.4, 0.5) is 11.4 Å². The summed E-state index contributed by atoms with van der Waals surface area (Å²) in [6, 6.07) is 13.8. The van der Waals surface area contributed by atoms with Crippen LogP contribution in [-0.2, 0) is 4.79 Å². The van der Waals surface area contributed by atoms with Gasteiger partial charge in [0, 0.05) is 12.2 Å². The second-order valence-corrected chi connectivity index (χ2v) is 5.53. The number of anilines is 2. The van der Waals surface area contributed by atoms with Crippen molar-refractivity contribution in [2.24, 2.45) is 0 Å². The zero-order valence-electron chi connectivity index (χ0n) is 14.2. The Hall–Kier alpha value is -2.49. The Morgan fingerprint density at radius 3 is 2.52 bits per heavy atom. The maximum Gasteiger partial charge on any atom is 0.246 e. The van der Waals surface area contributed by atoms with Crippen LogP contribution in [0.25, 0.3) is 0 Å². The van der Waals surface area contributed by atoms with Crippen LogP contribution in [0.2, 0.25) is 0 Å². The van der Waals surface area contributed by atoms with Gasteiger partial charge in [0.2, 0.25) is 5.91 Å². The lowest BCUT2D eigenvalue weighted by Gasteiger charge is -2.22. The highest BCUT2D eigenvalue weighted by atomic mass is 16.5. The molecular formula is C19H24N2O2. The van der Waals surface area contributed by atoms with Gasteiger partial charge in [-0.2, -0.15) is 0 Å². The standard InChI is InChI=1S/C19H24N2O2/c1-5-21(16-8-6-7-14(2)11-16)19(22)13-20-17-12-15(3)9-10-18(17)23-4/h6-12,20H,5,13H2,1-4H3. The third kappa shape index (κ3) is 4.25. The van der Waals surface area contributed by atoms with Gasteiger partial charge in [0.05, 0.1) is 19.3 Å². The molecule has 0 aromatic heterocycles. The molecule has 0 aliphatic rings. The summed E-state index contributed by atoms with van der Waals surface area (Å²) in [6.07, 6.45) is 0. The molecule has 1 amide bonds. The highest BCUT2D eigenvalue weighted by molar-refractivity contribution is 5.96. The molecule has 0 spiro atoms. The molecule has 0 bridgehead atoms. The van der Waals surface area contributed by atoms with E-state index < -0.39 is 0 Å². The molecule has 0 unspecified atom stereocenters. The van der Waals surface area contributed by atoms with Crippen LogP contribution >= 0.6 is 0 Å². The number of rotatable bonds is 6.